The number of rotatable bonds is 5. The molecule has 0 bridgehead atoms. The van der Waals surface area contributed by atoms with Gasteiger partial charge >= 0.3 is 0 Å². The van der Waals surface area contributed by atoms with E-state index in [2.05, 4.69) is 28.9 Å². The molecule has 2 heterocycles. The largest absolute Gasteiger partial charge is 0.419 e. The van der Waals surface area contributed by atoms with E-state index >= 15 is 0 Å². The summed E-state index contributed by atoms with van der Waals surface area (Å²) in [6.45, 7) is 6.47. The molecule has 1 aromatic heterocycles. The number of aromatic nitrogens is 2. The Morgan fingerprint density at radius 1 is 1.22 bits per heavy atom. The standard InChI is InChI=1S/C17H22FN3O2/c1-12(2)21(13-7-9-22-10-8-13)11-16-19-20-17(23-16)14-5-3-4-6-15(14)18/h3-6,12-13H,7-11H2,1-2H3. The van der Waals surface area contributed by atoms with Crippen molar-refractivity contribution >= 4 is 0 Å². The normalized spacial score (nSPS) is 16.4. The van der Waals surface area contributed by atoms with Crippen LogP contribution in [0.25, 0.3) is 11.5 Å². The van der Waals surface area contributed by atoms with Gasteiger partial charge in [-0.2, -0.15) is 0 Å². The average molecular weight is 319 g/mol. The van der Waals surface area contributed by atoms with Crippen LogP contribution in [0.2, 0.25) is 0 Å². The van der Waals surface area contributed by atoms with Crippen LogP contribution in [0.15, 0.2) is 28.7 Å². The summed E-state index contributed by atoms with van der Waals surface area (Å²) in [7, 11) is 0. The van der Waals surface area contributed by atoms with E-state index in [1.54, 1.807) is 18.2 Å². The first-order chi connectivity index (χ1) is 11.1. The van der Waals surface area contributed by atoms with Crippen LogP contribution in [0.4, 0.5) is 4.39 Å². The first-order valence-electron chi connectivity index (χ1n) is 8.06. The van der Waals surface area contributed by atoms with Crippen LogP contribution in [0, 0.1) is 5.82 Å². The highest BCUT2D eigenvalue weighted by Crippen LogP contribution is 2.23. The lowest BCUT2D eigenvalue weighted by Crippen LogP contribution is -2.43. The Kier molecular flexibility index (Phi) is 5.03. The molecular formula is C17H22FN3O2. The van der Waals surface area contributed by atoms with E-state index in [4.69, 9.17) is 9.15 Å². The number of benzene rings is 1. The summed E-state index contributed by atoms with van der Waals surface area (Å²) in [5.41, 5.74) is 0.341. The minimum Gasteiger partial charge on any atom is -0.419 e. The molecule has 1 saturated heterocycles. The maximum Gasteiger partial charge on any atom is 0.250 e. The third kappa shape index (κ3) is 3.76. The molecule has 124 valence electrons. The molecule has 5 nitrogen and oxygen atoms in total. The Labute approximate surface area is 135 Å². The van der Waals surface area contributed by atoms with Crippen molar-refractivity contribution in [2.75, 3.05) is 13.2 Å². The van der Waals surface area contributed by atoms with Crippen molar-refractivity contribution in [1.82, 2.24) is 15.1 Å². The van der Waals surface area contributed by atoms with Gasteiger partial charge in [0.2, 0.25) is 5.89 Å². The van der Waals surface area contributed by atoms with Crippen molar-refractivity contribution in [3.63, 3.8) is 0 Å². The molecule has 3 rings (SSSR count). The average Bonchev–Trinajstić information content (AvgIpc) is 3.02. The lowest BCUT2D eigenvalue weighted by Gasteiger charge is -2.36. The Morgan fingerprint density at radius 2 is 1.96 bits per heavy atom. The lowest BCUT2D eigenvalue weighted by atomic mass is 10.1. The van der Waals surface area contributed by atoms with Gasteiger partial charge < -0.3 is 9.15 Å². The number of hydrogen-bond acceptors (Lipinski definition) is 5. The van der Waals surface area contributed by atoms with Crippen LogP contribution >= 0.6 is 0 Å². The second kappa shape index (κ2) is 7.19. The minimum atomic E-state index is -0.354. The van der Waals surface area contributed by atoms with Crippen LogP contribution in [0.5, 0.6) is 0 Å². The fourth-order valence-corrected chi connectivity index (χ4v) is 2.97. The number of halogens is 1. The zero-order valence-electron chi connectivity index (χ0n) is 13.5. The summed E-state index contributed by atoms with van der Waals surface area (Å²) in [4.78, 5) is 2.35. The van der Waals surface area contributed by atoms with Crippen LogP contribution in [-0.4, -0.2) is 40.4 Å². The summed E-state index contributed by atoms with van der Waals surface area (Å²) in [5.74, 6) is 0.394. The van der Waals surface area contributed by atoms with E-state index in [-0.39, 0.29) is 11.7 Å². The van der Waals surface area contributed by atoms with Crippen LogP contribution < -0.4 is 0 Å². The molecule has 0 N–H and O–H groups in total. The molecule has 0 aliphatic carbocycles. The molecule has 1 aliphatic heterocycles. The number of hydrogen-bond donors (Lipinski definition) is 0. The van der Waals surface area contributed by atoms with Gasteiger partial charge in [-0.05, 0) is 38.8 Å². The maximum atomic E-state index is 13.8. The van der Waals surface area contributed by atoms with Crippen molar-refractivity contribution < 1.29 is 13.5 Å². The Balaban J connectivity index is 1.75. The quantitative estimate of drug-likeness (QED) is 0.846. The Morgan fingerprint density at radius 3 is 2.65 bits per heavy atom. The monoisotopic (exact) mass is 319 g/mol. The molecule has 6 heteroatoms. The molecule has 2 aromatic rings. The zero-order valence-corrected chi connectivity index (χ0v) is 13.5. The van der Waals surface area contributed by atoms with Gasteiger partial charge in [-0.1, -0.05) is 12.1 Å². The van der Waals surface area contributed by atoms with Crippen molar-refractivity contribution in [2.45, 2.75) is 45.3 Å². The van der Waals surface area contributed by atoms with Gasteiger partial charge in [0.15, 0.2) is 0 Å². The first kappa shape index (κ1) is 16.1. The van der Waals surface area contributed by atoms with Crippen molar-refractivity contribution in [1.29, 1.82) is 0 Å². The summed E-state index contributed by atoms with van der Waals surface area (Å²) in [5, 5.41) is 8.09. The van der Waals surface area contributed by atoms with Gasteiger partial charge in [-0.15, -0.1) is 10.2 Å². The summed E-state index contributed by atoms with van der Waals surface area (Å²) < 4.78 is 24.9. The van der Waals surface area contributed by atoms with E-state index in [1.807, 2.05) is 0 Å². The van der Waals surface area contributed by atoms with Crippen LogP contribution in [0.1, 0.15) is 32.6 Å². The molecule has 0 saturated carbocycles. The SMILES string of the molecule is CC(C)N(Cc1nnc(-c2ccccc2F)o1)C1CCOCC1. The van der Waals surface area contributed by atoms with Gasteiger partial charge in [0.25, 0.3) is 5.89 Å². The minimum absolute atomic E-state index is 0.230. The summed E-state index contributed by atoms with van der Waals surface area (Å²) in [6, 6.07) is 7.24. The van der Waals surface area contributed by atoms with E-state index < -0.39 is 0 Å². The van der Waals surface area contributed by atoms with Crippen molar-refractivity contribution in [3.05, 3.63) is 36.0 Å². The summed E-state index contributed by atoms with van der Waals surface area (Å²) in [6.07, 6.45) is 2.01. The number of ether oxygens (including phenoxy) is 1. The summed E-state index contributed by atoms with van der Waals surface area (Å²) >= 11 is 0. The van der Waals surface area contributed by atoms with E-state index in [9.17, 15) is 4.39 Å². The molecule has 0 unspecified atom stereocenters. The van der Waals surface area contributed by atoms with E-state index in [0.29, 0.717) is 30.1 Å². The Hall–Kier alpha value is -1.79. The van der Waals surface area contributed by atoms with Crippen molar-refractivity contribution in [2.24, 2.45) is 0 Å². The van der Waals surface area contributed by atoms with E-state index in [0.717, 1.165) is 26.1 Å². The van der Waals surface area contributed by atoms with Gasteiger partial charge in [-0.3, -0.25) is 4.90 Å². The molecule has 0 radical (unpaired) electrons. The first-order valence-corrected chi connectivity index (χ1v) is 8.06. The Bertz CT molecular complexity index is 638. The lowest BCUT2D eigenvalue weighted by molar-refractivity contribution is 0.0154. The molecule has 1 aliphatic rings. The molecule has 1 fully saturated rings. The third-order valence-electron chi connectivity index (χ3n) is 4.21. The second-order valence-electron chi connectivity index (χ2n) is 6.09. The van der Waals surface area contributed by atoms with Gasteiger partial charge in [0.05, 0.1) is 12.1 Å². The molecule has 1 aromatic carbocycles. The highest BCUT2D eigenvalue weighted by Gasteiger charge is 2.25. The van der Waals surface area contributed by atoms with Gasteiger partial charge in [-0.25, -0.2) is 4.39 Å². The molecular weight excluding hydrogens is 297 g/mol. The molecule has 0 amide bonds. The predicted molar refractivity (Wildman–Crippen MR) is 84.2 cm³/mol. The van der Waals surface area contributed by atoms with E-state index in [1.165, 1.54) is 6.07 Å². The molecule has 0 atom stereocenters. The fourth-order valence-electron chi connectivity index (χ4n) is 2.97. The maximum absolute atomic E-state index is 13.8. The molecule has 0 spiro atoms. The highest BCUT2D eigenvalue weighted by molar-refractivity contribution is 5.53. The number of nitrogens with zero attached hydrogens (tertiary/aromatic N) is 3. The van der Waals surface area contributed by atoms with Gasteiger partial charge in [0, 0.05) is 25.3 Å². The second-order valence-corrected chi connectivity index (χ2v) is 6.09. The zero-order chi connectivity index (χ0) is 16.2. The third-order valence-corrected chi connectivity index (χ3v) is 4.21. The molecule has 23 heavy (non-hydrogen) atoms. The van der Waals surface area contributed by atoms with Crippen molar-refractivity contribution in [3.8, 4) is 11.5 Å². The van der Waals surface area contributed by atoms with Crippen LogP contribution in [-0.2, 0) is 11.3 Å². The van der Waals surface area contributed by atoms with Gasteiger partial charge in [0.1, 0.15) is 5.82 Å². The smallest absolute Gasteiger partial charge is 0.250 e. The fraction of sp³-hybridized carbons (Fsp3) is 0.529. The highest BCUT2D eigenvalue weighted by atomic mass is 19.1. The van der Waals surface area contributed by atoms with Crippen LogP contribution in [0.3, 0.4) is 0 Å². The predicted octanol–water partition coefficient (Wildman–Crippen LogP) is 3.27. The topological polar surface area (TPSA) is 51.4 Å².